The first kappa shape index (κ1) is 16.7. The Morgan fingerprint density at radius 2 is 2.05 bits per heavy atom. The first-order valence-corrected chi connectivity index (χ1v) is 7.94. The van der Waals surface area contributed by atoms with E-state index in [0.717, 1.165) is 13.0 Å². The van der Waals surface area contributed by atoms with Crippen LogP contribution in [0.2, 0.25) is 0 Å². The molecule has 0 aromatic rings. The van der Waals surface area contributed by atoms with Crippen LogP contribution in [0.1, 0.15) is 48.0 Å². The molecule has 0 saturated heterocycles. The normalized spacial score (nSPS) is 28.2. The molecule has 2 unspecified atom stereocenters. The summed E-state index contributed by atoms with van der Waals surface area (Å²) >= 11 is 0. The third-order valence-electron chi connectivity index (χ3n) is 4.08. The minimum atomic E-state index is 0.180. The molecular weight excluding hydrogens is 244 g/mol. The fourth-order valence-electron chi connectivity index (χ4n) is 2.18. The molecule has 0 aromatic carbocycles. The Labute approximate surface area is 124 Å². The largest absolute Gasteiger partial charge is 0.265 e. The van der Waals surface area contributed by atoms with Gasteiger partial charge in [0.2, 0.25) is 0 Å². The van der Waals surface area contributed by atoms with Gasteiger partial charge in [-0.25, -0.2) is 0 Å². The summed E-state index contributed by atoms with van der Waals surface area (Å²) in [7, 11) is 0. The Kier molecular flexibility index (Phi) is 6.25. The lowest BCUT2D eigenvalue weighted by Gasteiger charge is -2.20. The summed E-state index contributed by atoms with van der Waals surface area (Å²) in [5.41, 5.74) is 1.38. The molecule has 1 heterocycles. The highest BCUT2D eigenvalue weighted by molar-refractivity contribution is 5.63. The monoisotopic (exact) mass is 274 g/mol. The lowest BCUT2D eigenvalue weighted by Crippen LogP contribution is -2.20. The van der Waals surface area contributed by atoms with Gasteiger partial charge in [0.05, 0.1) is 5.70 Å². The standard InChI is InChI=1S/C16H24N2.C2H6/c1-5-16(4)9-6-7-15(8-10-16)18-12-14(11-17-18)13(2)3;1-2/h6-11,13-14H,5,12H2,1-4H3;1-2H3. The van der Waals surface area contributed by atoms with Gasteiger partial charge in [-0.15, -0.1) is 0 Å². The Bertz CT molecular complexity index is 415. The molecule has 0 spiro atoms. The highest BCUT2D eigenvalue weighted by atomic mass is 15.5. The summed E-state index contributed by atoms with van der Waals surface area (Å²) in [6.07, 6.45) is 14.3. The Hall–Kier alpha value is -1.31. The Balaban J connectivity index is 0.000000956. The van der Waals surface area contributed by atoms with Gasteiger partial charge in [0.15, 0.2) is 0 Å². The van der Waals surface area contributed by atoms with E-state index in [4.69, 9.17) is 0 Å². The van der Waals surface area contributed by atoms with Crippen molar-refractivity contribution in [3.63, 3.8) is 0 Å². The van der Waals surface area contributed by atoms with Gasteiger partial charge in [-0.3, -0.25) is 5.01 Å². The summed E-state index contributed by atoms with van der Waals surface area (Å²) in [5.74, 6) is 1.23. The van der Waals surface area contributed by atoms with Gasteiger partial charge < -0.3 is 0 Å². The van der Waals surface area contributed by atoms with Gasteiger partial charge in [0.25, 0.3) is 0 Å². The average Bonchev–Trinajstić information content (AvgIpc) is 2.87. The summed E-state index contributed by atoms with van der Waals surface area (Å²) in [6, 6.07) is 0. The van der Waals surface area contributed by atoms with Gasteiger partial charge in [-0.2, -0.15) is 5.10 Å². The summed E-state index contributed by atoms with van der Waals surface area (Å²) in [5, 5.41) is 6.65. The van der Waals surface area contributed by atoms with Gasteiger partial charge in [-0.1, -0.05) is 59.8 Å². The SMILES string of the molecule is CC.CCC1(C)C=CC=C(N2CC(C(C)C)C=N2)C=C1. The maximum absolute atomic E-state index is 4.53. The smallest absolute Gasteiger partial charge is 0.0591 e. The van der Waals surface area contributed by atoms with Crippen LogP contribution in [0.25, 0.3) is 0 Å². The van der Waals surface area contributed by atoms with Crippen molar-refractivity contribution in [2.75, 3.05) is 6.54 Å². The molecule has 0 bridgehead atoms. The summed E-state index contributed by atoms with van der Waals surface area (Å²) in [4.78, 5) is 0. The van der Waals surface area contributed by atoms with Gasteiger partial charge in [0.1, 0.15) is 0 Å². The topological polar surface area (TPSA) is 15.6 Å². The molecule has 0 aromatic heterocycles. The first-order chi connectivity index (χ1) is 9.54. The number of hydrogen-bond acceptors (Lipinski definition) is 2. The number of rotatable bonds is 3. The fraction of sp³-hybridized carbons (Fsp3) is 0.611. The fourth-order valence-corrected chi connectivity index (χ4v) is 2.18. The van der Waals surface area contributed by atoms with Crippen LogP contribution in [-0.4, -0.2) is 17.8 Å². The molecular formula is C18H30N2. The van der Waals surface area contributed by atoms with E-state index in [2.05, 4.69) is 74.4 Å². The second-order valence-corrected chi connectivity index (χ2v) is 5.90. The van der Waals surface area contributed by atoms with E-state index >= 15 is 0 Å². The first-order valence-electron chi connectivity index (χ1n) is 7.94. The van der Waals surface area contributed by atoms with Crippen molar-refractivity contribution in [1.82, 2.24) is 5.01 Å². The van der Waals surface area contributed by atoms with Crippen molar-refractivity contribution in [3.05, 3.63) is 36.1 Å². The summed E-state index contributed by atoms with van der Waals surface area (Å²) in [6.45, 7) is 14.0. The zero-order chi connectivity index (χ0) is 15.2. The second-order valence-electron chi connectivity index (χ2n) is 5.90. The van der Waals surface area contributed by atoms with Crippen molar-refractivity contribution in [2.24, 2.45) is 22.4 Å². The molecule has 2 atom stereocenters. The minimum Gasteiger partial charge on any atom is -0.265 e. The zero-order valence-corrected chi connectivity index (χ0v) is 13.9. The molecule has 0 amide bonds. The van der Waals surface area contributed by atoms with Crippen LogP contribution >= 0.6 is 0 Å². The molecule has 20 heavy (non-hydrogen) atoms. The average molecular weight is 274 g/mol. The maximum Gasteiger partial charge on any atom is 0.0591 e. The third-order valence-corrected chi connectivity index (χ3v) is 4.08. The van der Waals surface area contributed by atoms with E-state index in [-0.39, 0.29) is 5.41 Å². The summed E-state index contributed by atoms with van der Waals surface area (Å²) < 4.78 is 0. The van der Waals surface area contributed by atoms with E-state index in [0.29, 0.717) is 11.8 Å². The molecule has 2 aliphatic rings. The Morgan fingerprint density at radius 3 is 2.60 bits per heavy atom. The molecule has 112 valence electrons. The lowest BCUT2D eigenvalue weighted by atomic mass is 9.87. The molecule has 2 rings (SSSR count). The van der Waals surface area contributed by atoms with Crippen LogP contribution in [0.5, 0.6) is 0 Å². The highest BCUT2D eigenvalue weighted by Gasteiger charge is 2.23. The minimum absolute atomic E-state index is 0.180. The van der Waals surface area contributed by atoms with Gasteiger partial charge in [0, 0.05) is 24.1 Å². The molecule has 0 fully saturated rings. The van der Waals surface area contributed by atoms with Crippen LogP contribution in [0.4, 0.5) is 0 Å². The Morgan fingerprint density at radius 1 is 1.35 bits per heavy atom. The lowest BCUT2D eigenvalue weighted by molar-refractivity contribution is 0.346. The molecule has 2 nitrogen and oxygen atoms in total. The highest BCUT2D eigenvalue weighted by Crippen LogP contribution is 2.29. The molecule has 2 heteroatoms. The maximum atomic E-state index is 4.53. The number of hydrazone groups is 1. The van der Waals surface area contributed by atoms with Crippen LogP contribution in [0.15, 0.2) is 41.2 Å². The van der Waals surface area contributed by atoms with Crippen molar-refractivity contribution in [2.45, 2.75) is 48.0 Å². The van der Waals surface area contributed by atoms with E-state index in [1.165, 1.54) is 5.70 Å². The quantitative estimate of drug-likeness (QED) is 0.706. The van der Waals surface area contributed by atoms with E-state index in [1.807, 2.05) is 13.8 Å². The van der Waals surface area contributed by atoms with Crippen molar-refractivity contribution in [1.29, 1.82) is 0 Å². The van der Waals surface area contributed by atoms with Crippen LogP contribution < -0.4 is 0 Å². The van der Waals surface area contributed by atoms with Crippen molar-refractivity contribution in [3.8, 4) is 0 Å². The van der Waals surface area contributed by atoms with E-state index < -0.39 is 0 Å². The number of hydrogen-bond donors (Lipinski definition) is 0. The number of allylic oxidation sites excluding steroid dienone is 5. The molecule has 0 N–H and O–H groups in total. The van der Waals surface area contributed by atoms with Gasteiger partial charge >= 0.3 is 0 Å². The molecule has 1 aliphatic carbocycles. The van der Waals surface area contributed by atoms with Crippen LogP contribution in [-0.2, 0) is 0 Å². The number of nitrogens with zero attached hydrogens (tertiary/aromatic N) is 2. The molecule has 0 saturated carbocycles. The predicted molar refractivity (Wildman–Crippen MR) is 89.6 cm³/mol. The zero-order valence-electron chi connectivity index (χ0n) is 13.9. The van der Waals surface area contributed by atoms with Gasteiger partial charge in [-0.05, 0) is 24.5 Å². The van der Waals surface area contributed by atoms with Crippen molar-refractivity contribution >= 4 is 6.21 Å². The molecule has 0 radical (unpaired) electrons. The van der Waals surface area contributed by atoms with Crippen molar-refractivity contribution < 1.29 is 0 Å². The van der Waals surface area contributed by atoms with Crippen LogP contribution in [0.3, 0.4) is 0 Å². The van der Waals surface area contributed by atoms with E-state index in [9.17, 15) is 0 Å². The third kappa shape index (κ3) is 4.09. The van der Waals surface area contributed by atoms with Crippen LogP contribution in [0, 0.1) is 17.3 Å². The molecule has 1 aliphatic heterocycles. The van der Waals surface area contributed by atoms with E-state index in [1.54, 1.807) is 0 Å². The predicted octanol–water partition coefficient (Wildman–Crippen LogP) is 5.01. The second kappa shape index (κ2) is 7.47.